The normalized spacial score (nSPS) is 13.1. The van der Waals surface area contributed by atoms with E-state index in [0.717, 1.165) is 17.0 Å². The number of hydrogen-bond acceptors (Lipinski definition) is 3. The minimum atomic E-state index is -0.0472. The topological polar surface area (TPSA) is 70.7 Å². The van der Waals surface area contributed by atoms with E-state index in [9.17, 15) is 4.79 Å². The van der Waals surface area contributed by atoms with Crippen LogP contribution in [0.15, 0.2) is 30.6 Å². The summed E-state index contributed by atoms with van der Waals surface area (Å²) < 4.78 is 0. The maximum absolute atomic E-state index is 12.5. The molecular formula is C18H26N4O. The fourth-order valence-electron chi connectivity index (χ4n) is 3.12. The van der Waals surface area contributed by atoms with Gasteiger partial charge in [0, 0.05) is 18.0 Å². The second-order valence-electron chi connectivity index (χ2n) is 7.34. The van der Waals surface area contributed by atoms with E-state index in [2.05, 4.69) is 55.1 Å². The second kappa shape index (κ2) is 6.94. The minimum Gasteiger partial charge on any atom is -0.352 e. The molecular weight excluding hydrogens is 288 g/mol. The van der Waals surface area contributed by atoms with Crippen molar-refractivity contribution in [3.8, 4) is 11.4 Å². The Bertz CT molecular complexity index is 624. The van der Waals surface area contributed by atoms with E-state index in [-0.39, 0.29) is 17.2 Å². The Morgan fingerprint density at radius 3 is 2.35 bits per heavy atom. The summed E-state index contributed by atoms with van der Waals surface area (Å²) in [4.78, 5) is 16.6. The molecule has 0 radical (unpaired) electrons. The molecule has 1 aromatic heterocycles. The Balaban J connectivity index is 1.99. The average Bonchev–Trinajstić information content (AvgIpc) is 2.98. The lowest BCUT2D eigenvalue weighted by molar-refractivity contribution is -0.130. The van der Waals surface area contributed by atoms with Crippen molar-refractivity contribution in [1.29, 1.82) is 0 Å². The fourth-order valence-corrected chi connectivity index (χ4v) is 3.12. The minimum absolute atomic E-state index is 0.00373. The predicted octanol–water partition coefficient (Wildman–Crippen LogP) is 3.41. The van der Waals surface area contributed by atoms with Crippen molar-refractivity contribution < 1.29 is 4.79 Å². The smallest absolute Gasteiger partial charge is 0.224 e. The largest absolute Gasteiger partial charge is 0.352 e. The number of carbonyl (C=O) groups is 1. The molecule has 0 fully saturated rings. The van der Waals surface area contributed by atoms with Gasteiger partial charge in [0.1, 0.15) is 6.33 Å². The highest BCUT2D eigenvalue weighted by molar-refractivity contribution is 5.79. The molecule has 1 heterocycles. The maximum atomic E-state index is 12.5. The van der Waals surface area contributed by atoms with Crippen LogP contribution in [0.3, 0.4) is 0 Å². The molecule has 23 heavy (non-hydrogen) atoms. The highest BCUT2D eigenvalue weighted by atomic mass is 16.1. The number of carbonyl (C=O) groups excluding carboxylic acids is 1. The quantitative estimate of drug-likeness (QED) is 0.888. The van der Waals surface area contributed by atoms with Gasteiger partial charge in [0.2, 0.25) is 5.91 Å². The molecule has 0 aliphatic rings. The first-order chi connectivity index (χ1) is 10.8. The van der Waals surface area contributed by atoms with Gasteiger partial charge in [-0.15, -0.1) is 0 Å². The summed E-state index contributed by atoms with van der Waals surface area (Å²) in [5.41, 5.74) is 2.00. The van der Waals surface area contributed by atoms with Crippen LogP contribution in [0.25, 0.3) is 11.4 Å². The zero-order valence-electron chi connectivity index (χ0n) is 14.6. The maximum Gasteiger partial charge on any atom is 0.224 e. The fraction of sp³-hybridized carbons (Fsp3) is 0.500. The molecule has 5 nitrogen and oxygen atoms in total. The van der Waals surface area contributed by atoms with Crippen molar-refractivity contribution in [3.05, 3.63) is 36.2 Å². The van der Waals surface area contributed by atoms with Gasteiger partial charge in [0.15, 0.2) is 5.82 Å². The Labute approximate surface area is 137 Å². The van der Waals surface area contributed by atoms with Gasteiger partial charge in [-0.3, -0.25) is 9.89 Å². The molecule has 5 heteroatoms. The molecule has 0 saturated carbocycles. The molecule has 0 aliphatic heterocycles. The molecule has 2 rings (SSSR count). The first-order valence-corrected chi connectivity index (χ1v) is 8.01. The van der Waals surface area contributed by atoms with Crippen LogP contribution >= 0.6 is 0 Å². The molecule has 1 amide bonds. The van der Waals surface area contributed by atoms with Crippen molar-refractivity contribution in [2.24, 2.45) is 17.3 Å². The van der Waals surface area contributed by atoms with Crippen molar-refractivity contribution in [2.45, 2.75) is 41.2 Å². The highest BCUT2D eigenvalue weighted by Gasteiger charge is 2.33. The van der Waals surface area contributed by atoms with Gasteiger partial charge in [-0.2, -0.15) is 5.10 Å². The molecule has 0 aliphatic carbocycles. The first kappa shape index (κ1) is 17.2. The summed E-state index contributed by atoms with van der Waals surface area (Å²) in [6.45, 7) is 11.1. The van der Waals surface area contributed by atoms with E-state index >= 15 is 0 Å². The van der Waals surface area contributed by atoms with Gasteiger partial charge in [-0.1, -0.05) is 58.9 Å². The van der Waals surface area contributed by atoms with E-state index in [0.29, 0.717) is 12.5 Å². The van der Waals surface area contributed by atoms with Crippen LogP contribution in [0.1, 0.15) is 40.2 Å². The number of H-pyrrole nitrogens is 1. The number of rotatable bonds is 5. The Hall–Kier alpha value is -2.17. The van der Waals surface area contributed by atoms with Crippen molar-refractivity contribution >= 4 is 5.91 Å². The van der Waals surface area contributed by atoms with Gasteiger partial charge in [0.25, 0.3) is 0 Å². The Kier molecular flexibility index (Phi) is 5.19. The molecule has 1 aromatic carbocycles. The third-order valence-corrected chi connectivity index (χ3v) is 3.99. The summed E-state index contributed by atoms with van der Waals surface area (Å²) in [5.74, 6) is 1.17. The highest BCUT2D eigenvalue weighted by Crippen LogP contribution is 2.32. The van der Waals surface area contributed by atoms with E-state index < -0.39 is 0 Å². The van der Waals surface area contributed by atoms with Crippen LogP contribution < -0.4 is 5.32 Å². The van der Waals surface area contributed by atoms with Crippen LogP contribution in [-0.2, 0) is 11.3 Å². The third-order valence-electron chi connectivity index (χ3n) is 3.99. The van der Waals surface area contributed by atoms with Crippen LogP contribution in [0, 0.1) is 17.3 Å². The number of aromatic nitrogens is 3. The van der Waals surface area contributed by atoms with Crippen LogP contribution in [0.5, 0.6) is 0 Å². The molecule has 0 spiro atoms. The van der Waals surface area contributed by atoms with Gasteiger partial charge < -0.3 is 5.32 Å². The lowest BCUT2D eigenvalue weighted by atomic mass is 9.74. The molecule has 2 aromatic rings. The Morgan fingerprint density at radius 1 is 1.22 bits per heavy atom. The number of hydrogen-bond donors (Lipinski definition) is 2. The second-order valence-corrected chi connectivity index (χ2v) is 7.34. The molecule has 2 N–H and O–H groups in total. The number of nitrogens with zero attached hydrogens (tertiary/aromatic N) is 2. The van der Waals surface area contributed by atoms with Gasteiger partial charge in [-0.05, 0) is 16.9 Å². The number of amides is 1. The van der Waals surface area contributed by atoms with Crippen molar-refractivity contribution in [2.75, 3.05) is 0 Å². The molecule has 1 unspecified atom stereocenters. The predicted molar refractivity (Wildman–Crippen MR) is 91.4 cm³/mol. The van der Waals surface area contributed by atoms with Crippen molar-refractivity contribution in [1.82, 2.24) is 20.5 Å². The number of benzene rings is 1. The van der Waals surface area contributed by atoms with Crippen LogP contribution in [0.2, 0.25) is 0 Å². The standard InChI is InChI=1S/C18H26N4O/c1-12(2)15(18(3,4)5)17(23)19-10-13-6-8-14(9-7-13)16-20-11-21-22-16/h6-9,11-12,15H,10H2,1-5H3,(H,19,23)(H,20,21,22). The average molecular weight is 314 g/mol. The van der Waals surface area contributed by atoms with Crippen molar-refractivity contribution in [3.63, 3.8) is 0 Å². The van der Waals surface area contributed by atoms with Gasteiger partial charge in [0.05, 0.1) is 0 Å². The Morgan fingerprint density at radius 2 is 1.87 bits per heavy atom. The summed E-state index contributed by atoms with van der Waals surface area (Å²) in [6.07, 6.45) is 1.49. The van der Waals surface area contributed by atoms with Gasteiger partial charge in [-0.25, -0.2) is 4.98 Å². The lowest BCUT2D eigenvalue weighted by Gasteiger charge is -2.32. The molecule has 124 valence electrons. The molecule has 0 saturated heterocycles. The third kappa shape index (κ3) is 4.41. The summed E-state index contributed by atoms with van der Waals surface area (Å²) >= 11 is 0. The van der Waals surface area contributed by atoms with E-state index in [4.69, 9.17) is 0 Å². The molecule has 0 bridgehead atoms. The lowest BCUT2D eigenvalue weighted by Crippen LogP contribution is -2.40. The van der Waals surface area contributed by atoms with E-state index in [1.165, 1.54) is 6.33 Å². The van der Waals surface area contributed by atoms with Gasteiger partial charge >= 0.3 is 0 Å². The van der Waals surface area contributed by atoms with E-state index in [1.807, 2.05) is 24.3 Å². The number of aromatic amines is 1. The first-order valence-electron chi connectivity index (χ1n) is 8.01. The summed E-state index contributed by atoms with van der Waals surface area (Å²) in [5, 5.41) is 9.75. The summed E-state index contributed by atoms with van der Waals surface area (Å²) in [7, 11) is 0. The zero-order chi connectivity index (χ0) is 17.0. The summed E-state index contributed by atoms with van der Waals surface area (Å²) in [6, 6.07) is 7.95. The molecule has 1 atom stereocenters. The van der Waals surface area contributed by atoms with Crippen LogP contribution in [-0.4, -0.2) is 21.1 Å². The zero-order valence-corrected chi connectivity index (χ0v) is 14.6. The monoisotopic (exact) mass is 314 g/mol. The SMILES string of the molecule is CC(C)C(C(=O)NCc1ccc(-c2ncn[nH]2)cc1)C(C)(C)C. The van der Waals surface area contributed by atoms with E-state index in [1.54, 1.807) is 0 Å². The van der Waals surface area contributed by atoms with Crippen LogP contribution in [0.4, 0.5) is 0 Å². The number of nitrogens with one attached hydrogen (secondary N) is 2.